The first kappa shape index (κ1) is 14.4. The van der Waals surface area contributed by atoms with E-state index in [1.165, 1.54) is 0 Å². The molecule has 1 aromatic rings. The maximum absolute atomic E-state index is 9.01. The molecule has 0 radical (unpaired) electrons. The van der Waals surface area contributed by atoms with Crippen LogP contribution in [0.2, 0.25) is 0 Å². The molecule has 1 atom stereocenters. The summed E-state index contributed by atoms with van der Waals surface area (Å²) < 4.78 is 0. The van der Waals surface area contributed by atoms with Crippen molar-refractivity contribution in [1.82, 2.24) is 0 Å². The fraction of sp³-hybridized carbons (Fsp3) is 0.400. The number of benzene rings is 1. The molecule has 2 rings (SSSR count). The van der Waals surface area contributed by atoms with Crippen molar-refractivity contribution in [2.75, 3.05) is 11.9 Å². The van der Waals surface area contributed by atoms with E-state index >= 15 is 0 Å². The lowest BCUT2D eigenvalue weighted by atomic mass is 10.1. The lowest BCUT2D eigenvalue weighted by molar-refractivity contribution is 0.575. The highest BCUT2D eigenvalue weighted by Crippen LogP contribution is 2.27. The molecular formula is C15H16N4S. The van der Waals surface area contributed by atoms with Gasteiger partial charge in [-0.05, 0) is 30.5 Å². The van der Waals surface area contributed by atoms with Crippen molar-refractivity contribution in [3.63, 3.8) is 0 Å². The third-order valence-electron chi connectivity index (χ3n) is 2.96. The highest BCUT2D eigenvalue weighted by molar-refractivity contribution is 8.15. The average Bonchev–Trinajstić information content (AvgIpc) is 2.85. The van der Waals surface area contributed by atoms with Gasteiger partial charge >= 0.3 is 0 Å². The maximum atomic E-state index is 9.01. The predicted octanol–water partition coefficient (Wildman–Crippen LogP) is 3.36. The van der Waals surface area contributed by atoms with E-state index in [1.54, 1.807) is 30.0 Å². The number of nitriles is 2. The number of anilines is 1. The summed E-state index contributed by atoms with van der Waals surface area (Å²) in [5, 5.41) is 22.6. The maximum Gasteiger partial charge on any atom is 0.161 e. The lowest BCUT2D eigenvalue weighted by Crippen LogP contribution is -2.09. The van der Waals surface area contributed by atoms with Gasteiger partial charge < -0.3 is 5.32 Å². The average molecular weight is 284 g/mol. The van der Waals surface area contributed by atoms with Crippen molar-refractivity contribution in [2.24, 2.45) is 10.9 Å². The molecule has 1 heterocycles. The number of amidine groups is 1. The quantitative estimate of drug-likeness (QED) is 0.923. The van der Waals surface area contributed by atoms with Crippen LogP contribution in [-0.2, 0) is 0 Å². The number of nitrogens with one attached hydrogen (secondary N) is 1. The fourth-order valence-corrected chi connectivity index (χ4v) is 3.34. The van der Waals surface area contributed by atoms with Gasteiger partial charge in [0.15, 0.2) is 5.17 Å². The highest BCUT2D eigenvalue weighted by atomic mass is 32.2. The Balaban J connectivity index is 2.02. The lowest BCUT2D eigenvalue weighted by Gasteiger charge is -2.11. The van der Waals surface area contributed by atoms with Gasteiger partial charge in [-0.3, -0.25) is 4.99 Å². The summed E-state index contributed by atoms with van der Waals surface area (Å²) in [5.41, 5.74) is 1.59. The van der Waals surface area contributed by atoms with E-state index in [9.17, 15) is 0 Å². The van der Waals surface area contributed by atoms with Crippen molar-refractivity contribution in [1.29, 1.82) is 10.5 Å². The standard InChI is InChI=1S/C15H16N4S/c1-10(2)5-14-9-18-15(20-14)19-13-4-3-11(7-16)12(6-13)8-17/h3-4,6,10,14H,5,9H2,1-2H3,(H,18,19). The summed E-state index contributed by atoms with van der Waals surface area (Å²) in [4.78, 5) is 4.48. The molecule has 1 aromatic carbocycles. The molecule has 20 heavy (non-hydrogen) atoms. The minimum atomic E-state index is 0.389. The van der Waals surface area contributed by atoms with Gasteiger partial charge in [-0.15, -0.1) is 0 Å². The Bertz CT molecular complexity index is 607. The van der Waals surface area contributed by atoms with Gasteiger partial charge in [0, 0.05) is 10.9 Å². The zero-order valence-electron chi connectivity index (χ0n) is 11.6. The van der Waals surface area contributed by atoms with E-state index in [1.807, 2.05) is 12.1 Å². The van der Waals surface area contributed by atoms with Crippen LogP contribution in [0.5, 0.6) is 0 Å². The van der Waals surface area contributed by atoms with Crippen molar-refractivity contribution >= 4 is 22.6 Å². The largest absolute Gasteiger partial charge is 0.335 e. The Hall–Kier alpha value is -1.98. The molecule has 0 saturated heterocycles. The monoisotopic (exact) mass is 284 g/mol. The summed E-state index contributed by atoms with van der Waals surface area (Å²) in [7, 11) is 0. The zero-order valence-corrected chi connectivity index (χ0v) is 12.4. The van der Waals surface area contributed by atoms with Gasteiger partial charge in [0.25, 0.3) is 0 Å². The number of hydrogen-bond donors (Lipinski definition) is 1. The van der Waals surface area contributed by atoms with E-state index in [0.29, 0.717) is 22.3 Å². The van der Waals surface area contributed by atoms with E-state index in [4.69, 9.17) is 10.5 Å². The van der Waals surface area contributed by atoms with Crippen LogP contribution in [0.4, 0.5) is 5.69 Å². The molecule has 0 spiro atoms. The van der Waals surface area contributed by atoms with E-state index < -0.39 is 0 Å². The van der Waals surface area contributed by atoms with Gasteiger partial charge in [-0.2, -0.15) is 10.5 Å². The number of hydrogen-bond acceptors (Lipinski definition) is 5. The van der Waals surface area contributed by atoms with Crippen molar-refractivity contribution < 1.29 is 0 Å². The minimum Gasteiger partial charge on any atom is -0.335 e. The van der Waals surface area contributed by atoms with E-state index in [2.05, 4.69) is 24.2 Å². The molecule has 0 aromatic heterocycles. The first-order valence-corrected chi connectivity index (χ1v) is 7.42. The van der Waals surface area contributed by atoms with Gasteiger partial charge in [-0.25, -0.2) is 0 Å². The molecule has 1 aliphatic heterocycles. The van der Waals surface area contributed by atoms with Crippen molar-refractivity contribution in [3.05, 3.63) is 29.3 Å². The summed E-state index contributed by atoms with van der Waals surface area (Å²) in [6, 6.07) is 9.20. The van der Waals surface area contributed by atoms with Gasteiger partial charge in [0.1, 0.15) is 12.1 Å². The van der Waals surface area contributed by atoms with Gasteiger partial charge in [0.2, 0.25) is 0 Å². The third kappa shape index (κ3) is 3.53. The number of thioether (sulfide) groups is 1. The highest BCUT2D eigenvalue weighted by Gasteiger charge is 2.20. The summed E-state index contributed by atoms with van der Waals surface area (Å²) in [6.45, 7) is 5.27. The molecule has 4 nitrogen and oxygen atoms in total. The predicted molar refractivity (Wildman–Crippen MR) is 82.6 cm³/mol. The van der Waals surface area contributed by atoms with Gasteiger partial charge in [0.05, 0.1) is 17.7 Å². The van der Waals surface area contributed by atoms with Crippen molar-refractivity contribution in [3.8, 4) is 12.1 Å². The molecule has 102 valence electrons. The van der Waals surface area contributed by atoms with Crippen molar-refractivity contribution in [2.45, 2.75) is 25.5 Å². The van der Waals surface area contributed by atoms with Crippen LogP contribution in [0.3, 0.4) is 0 Å². The molecule has 1 aliphatic rings. The zero-order chi connectivity index (χ0) is 14.5. The number of nitrogens with zero attached hydrogens (tertiary/aromatic N) is 3. The Morgan fingerprint density at radius 1 is 1.35 bits per heavy atom. The second kappa shape index (κ2) is 6.45. The van der Waals surface area contributed by atoms with Crippen LogP contribution in [-0.4, -0.2) is 17.0 Å². The van der Waals surface area contributed by atoms with E-state index in [0.717, 1.165) is 23.8 Å². The molecule has 0 fully saturated rings. The fourth-order valence-electron chi connectivity index (χ4n) is 2.07. The summed E-state index contributed by atoms with van der Waals surface area (Å²) in [6.07, 6.45) is 1.15. The Kier molecular flexibility index (Phi) is 4.65. The first-order valence-electron chi connectivity index (χ1n) is 6.54. The molecule has 0 amide bonds. The molecular weight excluding hydrogens is 268 g/mol. The SMILES string of the molecule is CC(C)CC1CN=C(Nc2ccc(C#N)c(C#N)c2)S1. The second-order valence-corrected chi connectivity index (χ2v) is 6.41. The number of rotatable bonds is 3. The molecule has 0 saturated carbocycles. The first-order chi connectivity index (χ1) is 9.62. The van der Waals surface area contributed by atoms with Crippen LogP contribution >= 0.6 is 11.8 Å². The third-order valence-corrected chi connectivity index (χ3v) is 4.09. The van der Waals surface area contributed by atoms with Crippen LogP contribution in [0.25, 0.3) is 0 Å². The molecule has 0 bridgehead atoms. The van der Waals surface area contributed by atoms with Crippen LogP contribution in [0.15, 0.2) is 23.2 Å². The molecule has 1 N–H and O–H groups in total. The van der Waals surface area contributed by atoms with Crippen LogP contribution in [0, 0.1) is 28.6 Å². The summed E-state index contributed by atoms with van der Waals surface area (Å²) in [5.74, 6) is 0.669. The van der Waals surface area contributed by atoms with E-state index in [-0.39, 0.29) is 0 Å². The summed E-state index contributed by atoms with van der Waals surface area (Å²) >= 11 is 1.75. The molecule has 0 aliphatic carbocycles. The minimum absolute atomic E-state index is 0.389. The second-order valence-electron chi connectivity index (χ2n) is 5.12. The normalized spacial score (nSPS) is 17.4. The Morgan fingerprint density at radius 2 is 2.10 bits per heavy atom. The molecule has 5 heteroatoms. The topological polar surface area (TPSA) is 72.0 Å². The Labute approximate surface area is 123 Å². The van der Waals surface area contributed by atoms with Crippen LogP contribution < -0.4 is 5.32 Å². The Morgan fingerprint density at radius 3 is 2.75 bits per heavy atom. The van der Waals surface area contributed by atoms with Gasteiger partial charge in [-0.1, -0.05) is 25.6 Å². The smallest absolute Gasteiger partial charge is 0.161 e. The van der Waals surface area contributed by atoms with Crippen LogP contribution in [0.1, 0.15) is 31.4 Å². The number of aliphatic imine (C=N–C) groups is 1. The molecule has 1 unspecified atom stereocenters.